The van der Waals surface area contributed by atoms with Crippen molar-refractivity contribution in [2.24, 2.45) is 0 Å². The van der Waals surface area contributed by atoms with Gasteiger partial charge in [-0.2, -0.15) is 0 Å². The predicted molar refractivity (Wildman–Crippen MR) is 69.1 cm³/mol. The van der Waals surface area contributed by atoms with Crippen molar-refractivity contribution in [3.8, 4) is 0 Å². The summed E-state index contributed by atoms with van der Waals surface area (Å²) in [7, 11) is 0. The normalized spacial score (nSPS) is 21.2. The fourth-order valence-electron chi connectivity index (χ4n) is 2.54. The molecule has 5 heteroatoms. The second-order valence-corrected chi connectivity index (χ2v) is 5.38. The number of rotatable bonds is 2. The minimum absolute atomic E-state index is 0.0966. The van der Waals surface area contributed by atoms with Crippen molar-refractivity contribution in [2.75, 3.05) is 6.26 Å². The monoisotopic (exact) mass is 262 g/mol. The van der Waals surface area contributed by atoms with Gasteiger partial charge in [-0.3, -0.25) is 4.79 Å². The van der Waals surface area contributed by atoms with Gasteiger partial charge in [0.1, 0.15) is 11.5 Å². The Kier molecular flexibility index (Phi) is 2.86. The molecule has 1 spiro atoms. The number of ether oxygens (including phenoxy) is 1. The molecule has 0 bridgehead atoms. The molecular weight excluding hydrogens is 248 g/mol. The van der Waals surface area contributed by atoms with E-state index in [2.05, 4.69) is 9.97 Å². The first-order valence-electron chi connectivity index (χ1n) is 6.06. The molecule has 3 rings (SSSR count). The van der Waals surface area contributed by atoms with Gasteiger partial charge in [-0.05, 0) is 38.0 Å². The number of thioether (sulfide) groups is 1. The van der Waals surface area contributed by atoms with E-state index in [4.69, 9.17) is 4.74 Å². The van der Waals surface area contributed by atoms with Crippen LogP contribution in [-0.4, -0.2) is 27.6 Å². The minimum Gasteiger partial charge on any atom is -0.477 e. The van der Waals surface area contributed by atoms with Crippen LogP contribution in [0.2, 0.25) is 0 Å². The van der Waals surface area contributed by atoms with Crippen molar-refractivity contribution >= 4 is 23.3 Å². The van der Waals surface area contributed by atoms with Crippen LogP contribution >= 0.6 is 11.8 Å². The summed E-state index contributed by atoms with van der Waals surface area (Å²) in [6, 6.07) is 1.78. The lowest BCUT2D eigenvalue weighted by molar-refractivity contribution is -0.128. The topological polar surface area (TPSA) is 52.1 Å². The standard InChI is InChI=1S/C13H14N2O2S/c1-18-12-14-7-4-9(15-12)10-8-11(16)13(17-10)5-2-3-6-13/h4,7-8H,2-3,5-6H2,1H3. The average molecular weight is 262 g/mol. The van der Waals surface area contributed by atoms with Gasteiger partial charge in [0.15, 0.2) is 10.8 Å². The molecule has 0 N–H and O–H groups in total. The molecule has 94 valence electrons. The van der Waals surface area contributed by atoms with Crippen LogP contribution in [-0.2, 0) is 9.53 Å². The molecule has 2 heterocycles. The van der Waals surface area contributed by atoms with Crippen molar-refractivity contribution < 1.29 is 9.53 Å². The molecule has 1 aliphatic heterocycles. The summed E-state index contributed by atoms with van der Waals surface area (Å²) in [5.74, 6) is 0.693. The van der Waals surface area contributed by atoms with E-state index in [9.17, 15) is 4.79 Å². The summed E-state index contributed by atoms with van der Waals surface area (Å²) >= 11 is 1.48. The first-order chi connectivity index (χ1) is 8.73. The molecule has 1 saturated carbocycles. The molecule has 0 atom stereocenters. The van der Waals surface area contributed by atoms with E-state index in [1.807, 2.05) is 6.26 Å². The number of carbonyl (C=O) groups excluding carboxylic acids is 1. The summed E-state index contributed by atoms with van der Waals surface area (Å²) in [6.07, 6.45) is 8.99. The Balaban J connectivity index is 1.90. The molecule has 1 aromatic heterocycles. The highest BCUT2D eigenvalue weighted by Crippen LogP contribution is 2.42. The van der Waals surface area contributed by atoms with E-state index in [1.54, 1.807) is 18.3 Å². The van der Waals surface area contributed by atoms with Crippen molar-refractivity contribution in [3.05, 3.63) is 24.0 Å². The summed E-state index contributed by atoms with van der Waals surface area (Å²) in [6.45, 7) is 0. The van der Waals surface area contributed by atoms with E-state index in [-0.39, 0.29) is 5.78 Å². The first-order valence-corrected chi connectivity index (χ1v) is 7.28. The van der Waals surface area contributed by atoms with E-state index in [1.165, 1.54) is 11.8 Å². The molecule has 1 aliphatic carbocycles. The molecule has 1 aromatic rings. The average Bonchev–Trinajstić information content (AvgIpc) is 2.99. The maximum absolute atomic E-state index is 12.1. The number of hydrogen-bond acceptors (Lipinski definition) is 5. The van der Waals surface area contributed by atoms with Crippen molar-refractivity contribution in [1.29, 1.82) is 0 Å². The Bertz CT molecular complexity index is 521. The van der Waals surface area contributed by atoms with Crippen LogP contribution in [0.4, 0.5) is 0 Å². The number of hydrogen-bond donors (Lipinski definition) is 0. The number of nitrogens with zero attached hydrogens (tertiary/aromatic N) is 2. The fraction of sp³-hybridized carbons (Fsp3) is 0.462. The van der Waals surface area contributed by atoms with E-state index in [0.29, 0.717) is 16.6 Å². The van der Waals surface area contributed by atoms with Crippen LogP contribution in [0.5, 0.6) is 0 Å². The molecule has 4 nitrogen and oxygen atoms in total. The molecule has 0 radical (unpaired) electrons. The quantitative estimate of drug-likeness (QED) is 0.605. The van der Waals surface area contributed by atoms with Gasteiger partial charge in [-0.1, -0.05) is 11.8 Å². The van der Waals surface area contributed by atoms with E-state index >= 15 is 0 Å². The van der Waals surface area contributed by atoms with Crippen molar-refractivity contribution in [3.63, 3.8) is 0 Å². The zero-order chi connectivity index (χ0) is 12.6. The summed E-state index contributed by atoms with van der Waals surface area (Å²) in [5, 5.41) is 0.692. The van der Waals surface area contributed by atoms with Crippen LogP contribution < -0.4 is 0 Å². The second-order valence-electron chi connectivity index (χ2n) is 4.60. The zero-order valence-electron chi connectivity index (χ0n) is 10.2. The Morgan fingerprint density at radius 2 is 2.17 bits per heavy atom. The first kappa shape index (κ1) is 11.7. The zero-order valence-corrected chi connectivity index (χ0v) is 11.0. The van der Waals surface area contributed by atoms with E-state index < -0.39 is 5.60 Å². The highest BCUT2D eigenvalue weighted by molar-refractivity contribution is 7.98. The number of carbonyl (C=O) groups is 1. The van der Waals surface area contributed by atoms with Crippen LogP contribution in [0.3, 0.4) is 0 Å². The molecular formula is C13H14N2O2S. The molecule has 1 fully saturated rings. The molecule has 0 aromatic carbocycles. The van der Waals surface area contributed by atoms with Gasteiger partial charge in [-0.25, -0.2) is 9.97 Å². The largest absolute Gasteiger partial charge is 0.477 e. The Morgan fingerprint density at radius 3 is 2.89 bits per heavy atom. The number of ketones is 1. The summed E-state index contributed by atoms with van der Waals surface area (Å²) in [5.41, 5.74) is 0.117. The molecule has 18 heavy (non-hydrogen) atoms. The maximum atomic E-state index is 12.1. The highest BCUT2D eigenvalue weighted by atomic mass is 32.2. The second kappa shape index (κ2) is 4.39. The minimum atomic E-state index is -0.584. The lowest BCUT2D eigenvalue weighted by Crippen LogP contribution is -2.32. The van der Waals surface area contributed by atoms with E-state index in [0.717, 1.165) is 25.7 Å². The summed E-state index contributed by atoms with van der Waals surface area (Å²) in [4.78, 5) is 20.6. The Hall–Kier alpha value is -1.36. The SMILES string of the molecule is CSc1nccc(C2=CC(=O)C3(CCCC3)O2)n1. The van der Waals surface area contributed by atoms with Gasteiger partial charge in [-0.15, -0.1) is 0 Å². The van der Waals surface area contributed by atoms with Gasteiger partial charge in [0, 0.05) is 12.3 Å². The third-order valence-corrected chi connectivity index (χ3v) is 4.06. The van der Waals surface area contributed by atoms with Crippen molar-refractivity contribution in [2.45, 2.75) is 36.4 Å². The molecule has 0 unspecified atom stereocenters. The lowest BCUT2D eigenvalue weighted by atomic mass is 9.98. The van der Waals surface area contributed by atoms with Gasteiger partial charge in [0.25, 0.3) is 0 Å². The summed E-state index contributed by atoms with van der Waals surface area (Å²) < 4.78 is 5.92. The lowest BCUT2D eigenvalue weighted by Gasteiger charge is -2.22. The van der Waals surface area contributed by atoms with Gasteiger partial charge < -0.3 is 4.74 Å². The third-order valence-electron chi connectivity index (χ3n) is 3.50. The van der Waals surface area contributed by atoms with Crippen LogP contribution in [0.1, 0.15) is 31.4 Å². The van der Waals surface area contributed by atoms with Crippen LogP contribution in [0, 0.1) is 0 Å². The number of aromatic nitrogens is 2. The smallest absolute Gasteiger partial charge is 0.202 e. The van der Waals surface area contributed by atoms with Crippen molar-refractivity contribution in [1.82, 2.24) is 9.97 Å². The maximum Gasteiger partial charge on any atom is 0.202 e. The Morgan fingerprint density at radius 1 is 1.39 bits per heavy atom. The molecule has 0 saturated heterocycles. The van der Waals surface area contributed by atoms with Gasteiger partial charge in [0.05, 0.1) is 0 Å². The molecule has 2 aliphatic rings. The van der Waals surface area contributed by atoms with Crippen LogP contribution in [0.15, 0.2) is 23.5 Å². The fourth-order valence-corrected chi connectivity index (χ4v) is 2.89. The molecule has 0 amide bonds. The van der Waals surface area contributed by atoms with Gasteiger partial charge in [0.2, 0.25) is 5.78 Å². The highest BCUT2D eigenvalue weighted by Gasteiger charge is 2.47. The third kappa shape index (κ3) is 1.82. The van der Waals surface area contributed by atoms with Crippen LogP contribution in [0.25, 0.3) is 5.76 Å². The van der Waals surface area contributed by atoms with Gasteiger partial charge >= 0.3 is 0 Å². The predicted octanol–water partition coefficient (Wildman–Crippen LogP) is 2.45. The Labute approximate surface area is 110 Å².